The summed E-state index contributed by atoms with van der Waals surface area (Å²) in [7, 11) is 0. The molecule has 1 atom stereocenters. The molecule has 2 heterocycles. The van der Waals surface area contributed by atoms with E-state index in [4.69, 9.17) is 14.8 Å². The SMILES string of the molecule is CCCCSc1nc2n(n1)C(c1cccc(OCc3ccccc3)c1)C(C(=O)Nc1cccc(C)c1)=C(C)N2. The number of carbonyl (C=O) groups excluding carboxylic acids is 1. The molecule has 0 spiro atoms. The quantitative estimate of drug-likeness (QED) is 0.167. The first-order valence-corrected chi connectivity index (χ1v) is 14.2. The van der Waals surface area contributed by atoms with Gasteiger partial charge in [-0.1, -0.05) is 79.7 Å². The number of unbranched alkanes of at least 4 members (excludes halogenated alkanes) is 1. The Morgan fingerprint density at radius 1 is 1.05 bits per heavy atom. The van der Waals surface area contributed by atoms with Crippen LogP contribution in [0.2, 0.25) is 0 Å². The highest BCUT2D eigenvalue weighted by atomic mass is 32.2. The number of benzene rings is 3. The maximum atomic E-state index is 13.8. The molecule has 0 bridgehead atoms. The number of rotatable bonds is 10. The lowest BCUT2D eigenvalue weighted by Crippen LogP contribution is -2.31. The summed E-state index contributed by atoms with van der Waals surface area (Å²) < 4.78 is 7.95. The molecular formula is C31H33N5O2S. The van der Waals surface area contributed by atoms with Gasteiger partial charge in [-0.2, -0.15) is 4.98 Å². The number of carbonyl (C=O) groups is 1. The summed E-state index contributed by atoms with van der Waals surface area (Å²) in [5, 5.41) is 11.9. The molecule has 2 N–H and O–H groups in total. The molecule has 1 amide bonds. The number of allylic oxidation sites excluding steroid dienone is 1. The smallest absolute Gasteiger partial charge is 0.255 e. The predicted octanol–water partition coefficient (Wildman–Crippen LogP) is 6.99. The third-order valence-corrected chi connectivity index (χ3v) is 7.43. The first-order chi connectivity index (χ1) is 19.0. The zero-order chi connectivity index (χ0) is 27.2. The topological polar surface area (TPSA) is 81.1 Å². The van der Waals surface area contributed by atoms with Crippen LogP contribution in [-0.4, -0.2) is 26.4 Å². The Kier molecular flexibility index (Phi) is 8.32. The van der Waals surface area contributed by atoms with Crippen LogP contribution in [0.15, 0.2) is 95.3 Å². The van der Waals surface area contributed by atoms with Gasteiger partial charge >= 0.3 is 0 Å². The summed E-state index contributed by atoms with van der Waals surface area (Å²) in [4.78, 5) is 18.5. The van der Waals surface area contributed by atoms with E-state index in [1.165, 1.54) is 0 Å². The van der Waals surface area contributed by atoms with Crippen molar-refractivity contribution in [2.45, 2.75) is 51.4 Å². The molecule has 0 radical (unpaired) electrons. The van der Waals surface area contributed by atoms with Crippen molar-refractivity contribution in [1.82, 2.24) is 14.8 Å². The van der Waals surface area contributed by atoms with Gasteiger partial charge in [0.05, 0.1) is 5.57 Å². The van der Waals surface area contributed by atoms with Crippen molar-refractivity contribution < 1.29 is 9.53 Å². The summed E-state index contributed by atoms with van der Waals surface area (Å²) in [5.41, 5.74) is 5.13. The fraction of sp³-hybridized carbons (Fsp3) is 0.258. The molecule has 1 aromatic heterocycles. The Balaban J connectivity index is 1.49. The van der Waals surface area contributed by atoms with Crippen LogP contribution in [0.4, 0.5) is 11.6 Å². The fourth-order valence-electron chi connectivity index (χ4n) is 4.54. The van der Waals surface area contributed by atoms with Gasteiger partial charge in [-0.25, -0.2) is 4.68 Å². The number of hydrogen-bond donors (Lipinski definition) is 2. The van der Waals surface area contributed by atoms with Crippen molar-refractivity contribution in [3.05, 3.63) is 107 Å². The second kappa shape index (κ2) is 12.2. The van der Waals surface area contributed by atoms with Crippen LogP contribution in [0.25, 0.3) is 0 Å². The Labute approximate surface area is 233 Å². The molecule has 3 aromatic carbocycles. The lowest BCUT2D eigenvalue weighted by molar-refractivity contribution is -0.113. The molecule has 4 aromatic rings. The molecule has 5 rings (SSSR count). The second-order valence-electron chi connectivity index (χ2n) is 9.60. The first kappa shape index (κ1) is 26.6. The average Bonchev–Trinajstić information content (AvgIpc) is 3.34. The van der Waals surface area contributed by atoms with Gasteiger partial charge in [0.25, 0.3) is 5.91 Å². The minimum atomic E-state index is -0.473. The second-order valence-corrected chi connectivity index (χ2v) is 10.7. The summed E-state index contributed by atoms with van der Waals surface area (Å²) >= 11 is 1.63. The monoisotopic (exact) mass is 539 g/mol. The highest BCUT2D eigenvalue weighted by Gasteiger charge is 2.34. The van der Waals surface area contributed by atoms with Crippen LogP contribution in [0.5, 0.6) is 5.75 Å². The van der Waals surface area contributed by atoms with E-state index < -0.39 is 6.04 Å². The van der Waals surface area contributed by atoms with E-state index in [1.54, 1.807) is 11.8 Å². The molecule has 0 saturated heterocycles. The van der Waals surface area contributed by atoms with Gasteiger partial charge in [0.15, 0.2) is 0 Å². The molecule has 1 aliphatic heterocycles. The number of thioether (sulfide) groups is 1. The Hall–Kier alpha value is -4.04. The van der Waals surface area contributed by atoms with Gasteiger partial charge in [0.2, 0.25) is 11.1 Å². The standard InChI is InChI=1S/C31H33N5O2S/c1-4-5-17-39-31-34-30-32-22(3)27(29(37)33-25-15-9-11-21(2)18-25)28(36(30)35-31)24-14-10-16-26(19-24)38-20-23-12-7-6-8-13-23/h6-16,18-19,28H,4-5,17,20H2,1-3H3,(H,33,37)(H,32,34,35). The molecule has 0 saturated carbocycles. The number of aromatic nitrogens is 3. The van der Waals surface area contributed by atoms with Crippen LogP contribution in [0.1, 0.15) is 49.4 Å². The van der Waals surface area contributed by atoms with Crippen molar-refractivity contribution in [3.8, 4) is 5.75 Å². The predicted molar refractivity (Wildman–Crippen MR) is 157 cm³/mol. The van der Waals surface area contributed by atoms with Crippen molar-refractivity contribution in [2.75, 3.05) is 16.4 Å². The Bertz CT molecular complexity index is 1480. The van der Waals surface area contributed by atoms with Crippen LogP contribution in [0.3, 0.4) is 0 Å². The maximum absolute atomic E-state index is 13.8. The highest BCUT2D eigenvalue weighted by Crippen LogP contribution is 2.38. The van der Waals surface area contributed by atoms with Crippen LogP contribution < -0.4 is 15.4 Å². The maximum Gasteiger partial charge on any atom is 0.255 e. The number of nitrogens with one attached hydrogen (secondary N) is 2. The number of ether oxygens (including phenoxy) is 1. The normalized spacial score (nSPS) is 14.5. The Morgan fingerprint density at radius 2 is 1.87 bits per heavy atom. The number of anilines is 2. The molecule has 39 heavy (non-hydrogen) atoms. The number of fused-ring (bicyclic) bond motifs is 1. The van der Waals surface area contributed by atoms with E-state index in [0.717, 1.165) is 52.4 Å². The Morgan fingerprint density at radius 3 is 2.67 bits per heavy atom. The number of aryl methyl sites for hydroxylation is 1. The fourth-order valence-corrected chi connectivity index (χ4v) is 5.45. The zero-order valence-electron chi connectivity index (χ0n) is 22.5. The van der Waals surface area contributed by atoms with E-state index in [9.17, 15) is 4.79 Å². The van der Waals surface area contributed by atoms with E-state index in [0.29, 0.717) is 23.3 Å². The lowest BCUT2D eigenvalue weighted by Gasteiger charge is -2.29. The van der Waals surface area contributed by atoms with Crippen molar-refractivity contribution >= 4 is 29.3 Å². The van der Waals surface area contributed by atoms with Crippen molar-refractivity contribution in [3.63, 3.8) is 0 Å². The minimum Gasteiger partial charge on any atom is -0.489 e. The summed E-state index contributed by atoms with van der Waals surface area (Å²) in [6.45, 7) is 6.55. The van der Waals surface area contributed by atoms with Crippen molar-refractivity contribution in [1.29, 1.82) is 0 Å². The number of nitrogens with zero attached hydrogens (tertiary/aromatic N) is 3. The molecular weight excluding hydrogens is 506 g/mol. The van der Waals surface area contributed by atoms with Gasteiger partial charge in [0, 0.05) is 17.1 Å². The van der Waals surface area contributed by atoms with E-state index in [1.807, 2.05) is 97.4 Å². The minimum absolute atomic E-state index is 0.187. The highest BCUT2D eigenvalue weighted by molar-refractivity contribution is 7.99. The first-order valence-electron chi connectivity index (χ1n) is 13.2. The van der Waals surface area contributed by atoms with Crippen LogP contribution >= 0.6 is 11.8 Å². The van der Waals surface area contributed by atoms with E-state index in [2.05, 4.69) is 17.6 Å². The van der Waals surface area contributed by atoms with Crippen LogP contribution in [0, 0.1) is 6.92 Å². The van der Waals surface area contributed by atoms with Gasteiger partial charge in [-0.15, -0.1) is 5.10 Å². The van der Waals surface area contributed by atoms with Crippen LogP contribution in [-0.2, 0) is 11.4 Å². The zero-order valence-corrected chi connectivity index (χ0v) is 23.3. The third-order valence-electron chi connectivity index (χ3n) is 6.50. The van der Waals surface area contributed by atoms with E-state index in [-0.39, 0.29) is 5.91 Å². The molecule has 8 heteroatoms. The summed E-state index contributed by atoms with van der Waals surface area (Å²) in [5.74, 6) is 2.11. The van der Waals surface area contributed by atoms with Gasteiger partial charge < -0.3 is 15.4 Å². The molecule has 0 aliphatic carbocycles. The lowest BCUT2D eigenvalue weighted by atomic mass is 9.94. The summed E-state index contributed by atoms with van der Waals surface area (Å²) in [6.07, 6.45) is 2.20. The van der Waals surface area contributed by atoms with Gasteiger partial charge in [-0.05, 0) is 61.2 Å². The van der Waals surface area contributed by atoms with Gasteiger partial charge in [0.1, 0.15) is 18.4 Å². The molecule has 7 nitrogen and oxygen atoms in total. The average molecular weight is 540 g/mol. The van der Waals surface area contributed by atoms with Gasteiger partial charge in [-0.3, -0.25) is 4.79 Å². The number of hydrogen-bond acceptors (Lipinski definition) is 6. The molecule has 200 valence electrons. The molecule has 1 unspecified atom stereocenters. The number of amides is 1. The van der Waals surface area contributed by atoms with Crippen molar-refractivity contribution in [2.24, 2.45) is 0 Å². The molecule has 1 aliphatic rings. The van der Waals surface area contributed by atoms with E-state index >= 15 is 0 Å². The summed E-state index contributed by atoms with van der Waals surface area (Å²) in [6, 6.07) is 25.3. The third kappa shape index (κ3) is 6.34. The largest absolute Gasteiger partial charge is 0.489 e. The molecule has 0 fully saturated rings.